The van der Waals surface area contributed by atoms with Crippen molar-refractivity contribution in [3.63, 3.8) is 0 Å². The summed E-state index contributed by atoms with van der Waals surface area (Å²) in [6.45, 7) is 5.59. The first-order chi connectivity index (χ1) is 9.71. The van der Waals surface area contributed by atoms with E-state index in [1.165, 1.54) is 37.7 Å². The summed E-state index contributed by atoms with van der Waals surface area (Å²) in [6, 6.07) is 8.15. The first-order valence-electron chi connectivity index (χ1n) is 7.98. The minimum absolute atomic E-state index is 0.335. The quantitative estimate of drug-likeness (QED) is 0.870. The van der Waals surface area contributed by atoms with Gasteiger partial charge in [0.05, 0.1) is 0 Å². The van der Waals surface area contributed by atoms with Crippen molar-refractivity contribution in [2.75, 3.05) is 19.6 Å². The molecule has 3 nitrogen and oxygen atoms in total. The van der Waals surface area contributed by atoms with Crippen molar-refractivity contribution in [1.29, 1.82) is 0 Å². The Balaban J connectivity index is 1.85. The summed E-state index contributed by atoms with van der Waals surface area (Å²) in [5, 5.41) is 13.3. The van der Waals surface area contributed by atoms with Crippen LogP contribution in [-0.2, 0) is 0 Å². The topological polar surface area (TPSA) is 35.5 Å². The molecule has 2 fully saturated rings. The smallest absolute Gasteiger partial charge is 0.115 e. The van der Waals surface area contributed by atoms with Gasteiger partial charge in [0.2, 0.25) is 0 Å². The van der Waals surface area contributed by atoms with Crippen molar-refractivity contribution in [1.82, 2.24) is 10.2 Å². The van der Waals surface area contributed by atoms with Gasteiger partial charge in [-0.1, -0.05) is 31.4 Å². The van der Waals surface area contributed by atoms with Crippen LogP contribution in [0.3, 0.4) is 0 Å². The average molecular weight is 274 g/mol. The van der Waals surface area contributed by atoms with Crippen LogP contribution in [0.25, 0.3) is 0 Å². The maximum absolute atomic E-state index is 9.73. The predicted octanol–water partition coefficient (Wildman–Crippen LogP) is 3.06. The minimum atomic E-state index is 0.335. The van der Waals surface area contributed by atoms with E-state index in [9.17, 15) is 5.11 Å². The monoisotopic (exact) mass is 274 g/mol. The fourth-order valence-electron chi connectivity index (χ4n) is 4.10. The van der Waals surface area contributed by atoms with Gasteiger partial charge < -0.3 is 10.4 Å². The van der Waals surface area contributed by atoms with Crippen LogP contribution in [-0.4, -0.2) is 35.2 Å². The Labute approximate surface area is 122 Å². The Morgan fingerprint density at radius 1 is 1.25 bits per heavy atom. The molecule has 0 aromatic heterocycles. The summed E-state index contributed by atoms with van der Waals surface area (Å²) < 4.78 is 0. The van der Waals surface area contributed by atoms with Gasteiger partial charge in [-0.05, 0) is 37.5 Å². The van der Waals surface area contributed by atoms with E-state index in [-0.39, 0.29) is 0 Å². The van der Waals surface area contributed by atoms with Crippen molar-refractivity contribution < 1.29 is 5.11 Å². The van der Waals surface area contributed by atoms with Crippen molar-refractivity contribution in [2.24, 2.45) is 0 Å². The van der Waals surface area contributed by atoms with E-state index in [0.717, 1.165) is 19.6 Å². The Morgan fingerprint density at radius 3 is 2.80 bits per heavy atom. The van der Waals surface area contributed by atoms with Crippen LogP contribution >= 0.6 is 0 Å². The Hall–Kier alpha value is -1.06. The summed E-state index contributed by atoms with van der Waals surface area (Å²) in [7, 11) is 0. The van der Waals surface area contributed by atoms with Crippen molar-refractivity contribution in [3.05, 3.63) is 29.8 Å². The molecule has 1 saturated carbocycles. The molecule has 1 aliphatic carbocycles. The molecule has 3 heteroatoms. The van der Waals surface area contributed by atoms with Gasteiger partial charge in [0.15, 0.2) is 0 Å². The number of phenolic OH excluding ortho intramolecular Hbond substituents is 1. The molecule has 1 saturated heterocycles. The Morgan fingerprint density at radius 2 is 2.05 bits per heavy atom. The zero-order valence-corrected chi connectivity index (χ0v) is 12.4. The van der Waals surface area contributed by atoms with Crippen LogP contribution < -0.4 is 5.32 Å². The van der Waals surface area contributed by atoms with Gasteiger partial charge in [-0.2, -0.15) is 0 Å². The van der Waals surface area contributed by atoms with Crippen molar-refractivity contribution in [2.45, 2.75) is 50.6 Å². The lowest BCUT2D eigenvalue weighted by molar-refractivity contribution is -0.00283. The number of hydrogen-bond donors (Lipinski definition) is 2. The number of aromatic hydroxyl groups is 1. The molecule has 2 N–H and O–H groups in total. The zero-order valence-electron chi connectivity index (χ0n) is 12.4. The first-order valence-corrected chi connectivity index (χ1v) is 7.98. The van der Waals surface area contributed by atoms with Crippen LogP contribution in [0.2, 0.25) is 0 Å². The SMILES string of the molecule is CC(c1cccc(O)c1)N1CCNCC12CCCCC2. The van der Waals surface area contributed by atoms with E-state index in [2.05, 4.69) is 23.2 Å². The van der Waals surface area contributed by atoms with Crippen LogP contribution in [0.1, 0.15) is 50.6 Å². The summed E-state index contributed by atoms with van der Waals surface area (Å²) in [4.78, 5) is 2.69. The Kier molecular flexibility index (Phi) is 3.99. The maximum Gasteiger partial charge on any atom is 0.115 e. The van der Waals surface area contributed by atoms with Gasteiger partial charge in [-0.3, -0.25) is 4.90 Å². The third-order valence-corrected chi connectivity index (χ3v) is 5.20. The van der Waals surface area contributed by atoms with Gasteiger partial charge >= 0.3 is 0 Å². The highest BCUT2D eigenvalue weighted by atomic mass is 16.3. The summed E-state index contributed by atoms with van der Waals surface area (Å²) in [5.74, 6) is 0.377. The summed E-state index contributed by atoms with van der Waals surface area (Å²) in [5.41, 5.74) is 1.57. The molecule has 1 heterocycles. The largest absolute Gasteiger partial charge is 0.508 e. The average Bonchev–Trinajstić information content (AvgIpc) is 2.48. The number of rotatable bonds is 2. The lowest BCUT2D eigenvalue weighted by Gasteiger charge is -2.52. The molecule has 0 bridgehead atoms. The zero-order chi connectivity index (χ0) is 14.0. The molecular weight excluding hydrogens is 248 g/mol. The van der Waals surface area contributed by atoms with Crippen molar-refractivity contribution >= 4 is 0 Å². The van der Waals surface area contributed by atoms with Gasteiger partial charge in [0.25, 0.3) is 0 Å². The van der Waals surface area contributed by atoms with Crippen LogP contribution in [0, 0.1) is 0 Å². The summed E-state index contributed by atoms with van der Waals surface area (Å²) in [6.07, 6.45) is 6.71. The fourth-order valence-corrected chi connectivity index (χ4v) is 4.10. The molecule has 1 aromatic carbocycles. The van der Waals surface area contributed by atoms with E-state index in [1.54, 1.807) is 6.07 Å². The molecular formula is C17H26N2O. The van der Waals surface area contributed by atoms with Crippen LogP contribution in [0.15, 0.2) is 24.3 Å². The van der Waals surface area contributed by atoms with E-state index in [4.69, 9.17) is 0 Å². The second kappa shape index (κ2) is 5.74. The van der Waals surface area contributed by atoms with E-state index < -0.39 is 0 Å². The van der Waals surface area contributed by atoms with Crippen LogP contribution in [0.4, 0.5) is 0 Å². The number of hydrogen-bond acceptors (Lipinski definition) is 3. The molecule has 0 amide bonds. The highest BCUT2D eigenvalue weighted by molar-refractivity contribution is 5.29. The van der Waals surface area contributed by atoms with Gasteiger partial charge in [-0.25, -0.2) is 0 Å². The molecule has 0 radical (unpaired) electrons. The van der Waals surface area contributed by atoms with Crippen LogP contribution in [0.5, 0.6) is 5.75 Å². The molecule has 110 valence electrons. The first kappa shape index (κ1) is 13.9. The third kappa shape index (κ3) is 2.57. The summed E-state index contributed by atoms with van der Waals surface area (Å²) >= 11 is 0. The normalized spacial score (nSPS) is 24.6. The van der Waals surface area contributed by atoms with Crippen molar-refractivity contribution in [3.8, 4) is 5.75 Å². The molecule has 20 heavy (non-hydrogen) atoms. The molecule has 2 aliphatic rings. The lowest BCUT2D eigenvalue weighted by atomic mass is 9.78. The molecule has 3 rings (SSSR count). The highest BCUT2D eigenvalue weighted by Crippen LogP contribution is 2.39. The number of piperazine rings is 1. The minimum Gasteiger partial charge on any atom is -0.508 e. The lowest BCUT2D eigenvalue weighted by Crippen LogP contribution is -2.62. The Bertz CT molecular complexity index is 446. The van der Waals surface area contributed by atoms with E-state index in [1.807, 2.05) is 12.1 Å². The molecule has 1 aliphatic heterocycles. The highest BCUT2D eigenvalue weighted by Gasteiger charge is 2.41. The molecule has 1 spiro atoms. The second-order valence-corrected chi connectivity index (χ2v) is 6.43. The number of nitrogens with zero attached hydrogens (tertiary/aromatic N) is 1. The molecule has 1 aromatic rings. The molecule has 1 unspecified atom stereocenters. The second-order valence-electron chi connectivity index (χ2n) is 6.43. The number of phenols is 1. The maximum atomic E-state index is 9.73. The fraction of sp³-hybridized carbons (Fsp3) is 0.647. The third-order valence-electron chi connectivity index (χ3n) is 5.20. The molecule has 1 atom stereocenters. The van der Waals surface area contributed by atoms with Gasteiger partial charge in [0.1, 0.15) is 5.75 Å². The van der Waals surface area contributed by atoms with E-state index in [0.29, 0.717) is 17.3 Å². The van der Waals surface area contributed by atoms with E-state index >= 15 is 0 Å². The number of nitrogens with one attached hydrogen (secondary N) is 1. The van der Waals surface area contributed by atoms with Gasteiger partial charge in [-0.15, -0.1) is 0 Å². The predicted molar refractivity (Wildman–Crippen MR) is 81.9 cm³/mol. The van der Waals surface area contributed by atoms with Gasteiger partial charge in [0, 0.05) is 31.2 Å². The number of benzene rings is 1. The standard InChI is InChI=1S/C17H26N2O/c1-14(15-6-5-7-16(20)12-15)19-11-10-18-13-17(19)8-3-2-4-9-17/h5-7,12,14,18,20H,2-4,8-11,13H2,1H3.